The minimum absolute atomic E-state index is 0.0920. The number of methoxy groups -OCH3 is 1. The summed E-state index contributed by atoms with van der Waals surface area (Å²) in [6.07, 6.45) is -4.29. The van der Waals surface area contributed by atoms with Crippen molar-refractivity contribution in [1.82, 2.24) is 0 Å². The minimum atomic E-state index is -1.47. The molecule has 0 aromatic carbocycles. The monoisotopic (exact) mass is 180 g/mol. The van der Waals surface area contributed by atoms with Gasteiger partial charge in [0.25, 0.3) is 0 Å². The van der Waals surface area contributed by atoms with Gasteiger partial charge >= 0.3 is 0 Å². The third-order valence-electron chi connectivity index (χ3n) is 1.92. The molecule has 0 spiro atoms. The molecule has 1 unspecified atom stereocenters. The van der Waals surface area contributed by atoms with Crippen LogP contribution < -0.4 is 0 Å². The molecule has 1 aliphatic heterocycles. The lowest BCUT2D eigenvalue weighted by Gasteiger charge is -2.10. The molecular formula is C7H13FO4. The van der Waals surface area contributed by atoms with E-state index in [1.807, 2.05) is 0 Å². The Kier molecular flexibility index (Phi) is 3.39. The second-order valence-corrected chi connectivity index (χ2v) is 2.79. The summed E-state index contributed by atoms with van der Waals surface area (Å²) in [5.74, 6) is 0. The van der Waals surface area contributed by atoms with Gasteiger partial charge in [0.2, 0.25) is 0 Å². The van der Waals surface area contributed by atoms with Gasteiger partial charge in [-0.05, 0) is 0 Å². The van der Waals surface area contributed by atoms with Crippen LogP contribution in [0.3, 0.4) is 0 Å². The van der Waals surface area contributed by atoms with Crippen molar-refractivity contribution in [3.8, 4) is 0 Å². The molecule has 4 nitrogen and oxygen atoms in total. The van der Waals surface area contributed by atoms with Crippen molar-refractivity contribution >= 4 is 0 Å². The molecule has 4 atom stereocenters. The molecule has 1 saturated heterocycles. The number of aliphatic hydroxyl groups excluding tert-OH is 2. The molecule has 72 valence electrons. The molecular weight excluding hydrogens is 167 g/mol. The van der Waals surface area contributed by atoms with Gasteiger partial charge in [0, 0.05) is 7.11 Å². The van der Waals surface area contributed by atoms with E-state index in [0.717, 1.165) is 0 Å². The van der Waals surface area contributed by atoms with Crippen LogP contribution in [0, 0.1) is 0 Å². The Bertz CT molecular complexity index is 143. The van der Waals surface area contributed by atoms with E-state index >= 15 is 0 Å². The average Bonchev–Trinajstić information content (AvgIpc) is 2.33. The first-order valence-corrected chi connectivity index (χ1v) is 3.78. The van der Waals surface area contributed by atoms with E-state index in [4.69, 9.17) is 14.9 Å². The first-order chi connectivity index (χ1) is 5.70. The molecule has 0 radical (unpaired) electrons. The van der Waals surface area contributed by atoms with Crippen molar-refractivity contribution in [3.63, 3.8) is 0 Å². The van der Waals surface area contributed by atoms with Crippen molar-refractivity contribution in [2.24, 2.45) is 0 Å². The normalized spacial score (nSPS) is 42.0. The van der Waals surface area contributed by atoms with Crippen LogP contribution in [0.5, 0.6) is 0 Å². The fourth-order valence-electron chi connectivity index (χ4n) is 1.25. The quantitative estimate of drug-likeness (QED) is 0.590. The lowest BCUT2D eigenvalue weighted by Crippen LogP contribution is -2.31. The van der Waals surface area contributed by atoms with E-state index < -0.39 is 24.5 Å². The van der Waals surface area contributed by atoms with E-state index in [-0.39, 0.29) is 13.2 Å². The molecule has 0 aliphatic carbocycles. The number of ether oxygens (including phenoxy) is 2. The number of hydrogen-bond donors (Lipinski definition) is 2. The van der Waals surface area contributed by atoms with Crippen molar-refractivity contribution < 1.29 is 24.1 Å². The van der Waals surface area contributed by atoms with Crippen molar-refractivity contribution in [2.75, 3.05) is 20.3 Å². The fourth-order valence-corrected chi connectivity index (χ4v) is 1.25. The second kappa shape index (κ2) is 4.13. The van der Waals surface area contributed by atoms with Crippen molar-refractivity contribution in [2.45, 2.75) is 24.5 Å². The van der Waals surface area contributed by atoms with Crippen LogP contribution in [0.15, 0.2) is 0 Å². The van der Waals surface area contributed by atoms with Gasteiger partial charge in [-0.15, -0.1) is 0 Å². The van der Waals surface area contributed by atoms with Crippen LogP contribution in [0.4, 0.5) is 4.39 Å². The van der Waals surface area contributed by atoms with Gasteiger partial charge in [0.15, 0.2) is 6.17 Å². The zero-order chi connectivity index (χ0) is 9.14. The standard InChI is InChI=1S/C7H13FO4/c1-11-3-5-6(8)7(10)4(2-9)12-5/h4-7,9-10H,2-3H2,1H3/t4-,5?,6-,7-/m1/s1. The van der Waals surface area contributed by atoms with Crippen molar-refractivity contribution in [3.05, 3.63) is 0 Å². The second-order valence-electron chi connectivity index (χ2n) is 2.79. The van der Waals surface area contributed by atoms with E-state index in [9.17, 15) is 4.39 Å². The molecule has 5 heteroatoms. The molecule has 0 aromatic rings. The average molecular weight is 180 g/mol. The first-order valence-electron chi connectivity index (χ1n) is 3.78. The molecule has 1 heterocycles. The molecule has 1 fully saturated rings. The highest BCUT2D eigenvalue weighted by Gasteiger charge is 2.43. The van der Waals surface area contributed by atoms with Gasteiger partial charge in [-0.3, -0.25) is 0 Å². The predicted molar refractivity (Wildman–Crippen MR) is 38.5 cm³/mol. The molecule has 1 aliphatic rings. The van der Waals surface area contributed by atoms with E-state index in [1.165, 1.54) is 7.11 Å². The van der Waals surface area contributed by atoms with Crippen LogP contribution in [-0.2, 0) is 9.47 Å². The number of halogens is 1. The summed E-state index contributed by atoms with van der Waals surface area (Å²) in [7, 11) is 1.43. The Labute approximate surface area is 69.9 Å². The summed E-state index contributed by atoms with van der Waals surface area (Å²) in [4.78, 5) is 0. The van der Waals surface area contributed by atoms with Gasteiger partial charge < -0.3 is 19.7 Å². The third-order valence-corrected chi connectivity index (χ3v) is 1.92. The smallest absolute Gasteiger partial charge is 0.157 e. The molecule has 0 bridgehead atoms. The predicted octanol–water partition coefficient (Wildman–Crippen LogP) is -0.909. The topological polar surface area (TPSA) is 58.9 Å². The van der Waals surface area contributed by atoms with Crippen LogP contribution >= 0.6 is 0 Å². The van der Waals surface area contributed by atoms with E-state index in [0.29, 0.717) is 0 Å². The highest BCUT2D eigenvalue weighted by Crippen LogP contribution is 2.23. The summed E-state index contributed by atoms with van der Waals surface area (Å²) in [6, 6.07) is 0. The van der Waals surface area contributed by atoms with E-state index in [1.54, 1.807) is 0 Å². The summed E-state index contributed by atoms with van der Waals surface area (Å²) < 4.78 is 22.7. The first kappa shape index (κ1) is 9.85. The lowest BCUT2D eigenvalue weighted by molar-refractivity contribution is -0.0434. The third kappa shape index (κ3) is 1.74. The molecule has 2 N–H and O–H groups in total. The largest absolute Gasteiger partial charge is 0.394 e. The minimum Gasteiger partial charge on any atom is -0.394 e. The maximum Gasteiger partial charge on any atom is 0.157 e. The Morgan fingerprint density at radius 3 is 2.58 bits per heavy atom. The summed E-state index contributed by atoms with van der Waals surface area (Å²) >= 11 is 0. The Balaban J connectivity index is 2.48. The summed E-state index contributed by atoms with van der Waals surface area (Å²) in [5.41, 5.74) is 0. The van der Waals surface area contributed by atoms with Gasteiger partial charge in [-0.1, -0.05) is 0 Å². The highest BCUT2D eigenvalue weighted by atomic mass is 19.1. The SMILES string of the molecule is COCC1O[C@H](CO)[C@@H](O)[C@@H]1F. The molecule has 1 rings (SSSR count). The maximum absolute atomic E-state index is 13.0. The molecule has 0 amide bonds. The van der Waals surface area contributed by atoms with Crippen LogP contribution in [-0.4, -0.2) is 55.0 Å². The summed E-state index contributed by atoms with van der Waals surface area (Å²) in [5, 5.41) is 17.8. The Morgan fingerprint density at radius 1 is 1.50 bits per heavy atom. The number of alkyl halides is 1. The molecule has 0 saturated carbocycles. The van der Waals surface area contributed by atoms with Gasteiger partial charge in [0.05, 0.1) is 13.2 Å². The zero-order valence-corrected chi connectivity index (χ0v) is 6.81. The van der Waals surface area contributed by atoms with Gasteiger partial charge in [-0.25, -0.2) is 4.39 Å². The van der Waals surface area contributed by atoms with Crippen LogP contribution in [0.25, 0.3) is 0 Å². The Hall–Kier alpha value is -0.230. The number of hydrogen-bond acceptors (Lipinski definition) is 4. The van der Waals surface area contributed by atoms with Crippen molar-refractivity contribution in [1.29, 1.82) is 0 Å². The molecule has 0 aromatic heterocycles. The highest BCUT2D eigenvalue weighted by molar-refractivity contribution is 4.90. The van der Waals surface area contributed by atoms with Crippen LogP contribution in [0.1, 0.15) is 0 Å². The Morgan fingerprint density at radius 2 is 2.17 bits per heavy atom. The fraction of sp³-hybridized carbons (Fsp3) is 1.00. The van der Waals surface area contributed by atoms with Gasteiger partial charge in [0.1, 0.15) is 18.3 Å². The number of rotatable bonds is 3. The zero-order valence-electron chi connectivity index (χ0n) is 6.81. The van der Waals surface area contributed by atoms with E-state index in [2.05, 4.69) is 4.74 Å². The molecule has 12 heavy (non-hydrogen) atoms. The summed E-state index contributed by atoms with van der Waals surface area (Å²) in [6.45, 7) is -0.281. The maximum atomic E-state index is 13.0. The lowest BCUT2D eigenvalue weighted by atomic mass is 10.1. The van der Waals surface area contributed by atoms with Crippen LogP contribution in [0.2, 0.25) is 0 Å². The van der Waals surface area contributed by atoms with Gasteiger partial charge in [-0.2, -0.15) is 0 Å². The number of aliphatic hydroxyl groups is 2.